The molecular weight excluding hydrogens is 254 g/mol. The highest BCUT2D eigenvalue weighted by Gasteiger charge is 2.01. The van der Waals surface area contributed by atoms with E-state index >= 15 is 0 Å². The minimum absolute atomic E-state index is 0.743. The maximum absolute atomic E-state index is 5.73. The van der Waals surface area contributed by atoms with E-state index < -0.39 is 0 Å². The number of nitrogen functional groups attached to an aromatic ring is 1. The summed E-state index contributed by atoms with van der Waals surface area (Å²) in [6.07, 6.45) is 1.86. The van der Waals surface area contributed by atoms with Crippen LogP contribution in [0.5, 0.6) is 0 Å². The summed E-state index contributed by atoms with van der Waals surface area (Å²) in [5.74, 6) is 0. The summed E-state index contributed by atoms with van der Waals surface area (Å²) in [6.45, 7) is 2.67. The predicted molar refractivity (Wildman–Crippen MR) is 64.6 cm³/mol. The number of aryl methyl sites for hydroxylation is 1. The maximum Gasteiger partial charge on any atom is 0.0823 e. The fraction of sp³-hybridized carbons (Fsp3) is 0.182. The van der Waals surface area contributed by atoms with Gasteiger partial charge < -0.3 is 5.73 Å². The Hall–Kier alpha value is -1.29. The first-order chi connectivity index (χ1) is 7.15. The summed E-state index contributed by atoms with van der Waals surface area (Å²) < 4.78 is 2.94. The molecule has 1 heterocycles. The molecule has 0 aliphatic rings. The molecule has 2 aromatic rings. The molecule has 1 aromatic heterocycles. The van der Waals surface area contributed by atoms with Gasteiger partial charge in [0.1, 0.15) is 0 Å². The van der Waals surface area contributed by atoms with Gasteiger partial charge in [-0.15, -0.1) is 0 Å². The standard InChI is InChI=1S/C11H12BrN3/c1-8-11(13)7-15(14-8)6-9-2-4-10(12)5-3-9/h2-5,7H,6,13H2,1H3. The highest BCUT2D eigenvalue weighted by Crippen LogP contribution is 2.13. The summed E-state index contributed by atoms with van der Waals surface area (Å²) in [5, 5.41) is 4.31. The van der Waals surface area contributed by atoms with E-state index in [2.05, 4.69) is 33.2 Å². The summed E-state index contributed by atoms with van der Waals surface area (Å²) in [5.41, 5.74) is 8.56. The molecule has 0 aliphatic heterocycles. The van der Waals surface area contributed by atoms with Crippen molar-refractivity contribution < 1.29 is 0 Å². The minimum atomic E-state index is 0.743. The van der Waals surface area contributed by atoms with E-state index in [1.165, 1.54) is 5.56 Å². The van der Waals surface area contributed by atoms with Crippen LogP contribution in [0.2, 0.25) is 0 Å². The van der Waals surface area contributed by atoms with Crippen molar-refractivity contribution in [3.05, 3.63) is 46.2 Å². The lowest BCUT2D eigenvalue weighted by molar-refractivity contribution is 0.679. The molecule has 2 N–H and O–H groups in total. The van der Waals surface area contributed by atoms with E-state index in [1.54, 1.807) is 0 Å². The normalized spacial score (nSPS) is 10.5. The molecule has 0 unspecified atom stereocenters. The third-order valence-corrected chi connectivity index (χ3v) is 2.77. The molecule has 0 amide bonds. The molecule has 0 saturated heterocycles. The van der Waals surface area contributed by atoms with Gasteiger partial charge in [0.05, 0.1) is 17.9 Å². The van der Waals surface area contributed by atoms with E-state index in [4.69, 9.17) is 5.73 Å². The average molecular weight is 266 g/mol. The third-order valence-electron chi connectivity index (χ3n) is 2.24. The largest absolute Gasteiger partial charge is 0.396 e. The van der Waals surface area contributed by atoms with Crippen LogP contribution in [0.25, 0.3) is 0 Å². The van der Waals surface area contributed by atoms with Crippen molar-refractivity contribution in [3.8, 4) is 0 Å². The molecule has 3 nitrogen and oxygen atoms in total. The third kappa shape index (κ3) is 2.39. The van der Waals surface area contributed by atoms with Gasteiger partial charge in [-0.3, -0.25) is 4.68 Å². The molecular formula is C11H12BrN3. The lowest BCUT2D eigenvalue weighted by Crippen LogP contribution is -2.00. The summed E-state index contributed by atoms with van der Waals surface area (Å²) in [7, 11) is 0. The van der Waals surface area contributed by atoms with Gasteiger partial charge in [0.2, 0.25) is 0 Å². The molecule has 15 heavy (non-hydrogen) atoms. The number of nitrogens with zero attached hydrogens (tertiary/aromatic N) is 2. The smallest absolute Gasteiger partial charge is 0.0823 e. The van der Waals surface area contributed by atoms with Gasteiger partial charge in [-0.25, -0.2) is 0 Å². The molecule has 1 aromatic carbocycles. The van der Waals surface area contributed by atoms with Gasteiger partial charge in [0.25, 0.3) is 0 Å². The van der Waals surface area contributed by atoms with Gasteiger partial charge >= 0.3 is 0 Å². The van der Waals surface area contributed by atoms with Crippen LogP contribution in [0.3, 0.4) is 0 Å². The Morgan fingerprint density at radius 2 is 2.00 bits per heavy atom. The first kappa shape index (κ1) is 10.2. The van der Waals surface area contributed by atoms with Crippen LogP contribution in [-0.4, -0.2) is 9.78 Å². The molecule has 0 saturated carbocycles. The van der Waals surface area contributed by atoms with Crippen molar-refractivity contribution in [2.24, 2.45) is 0 Å². The van der Waals surface area contributed by atoms with Gasteiger partial charge in [0, 0.05) is 10.7 Å². The Morgan fingerprint density at radius 3 is 2.53 bits per heavy atom. The zero-order chi connectivity index (χ0) is 10.8. The second-order valence-electron chi connectivity index (χ2n) is 3.49. The van der Waals surface area contributed by atoms with Crippen LogP contribution in [-0.2, 0) is 6.54 Å². The van der Waals surface area contributed by atoms with E-state index in [0.29, 0.717) is 0 Å². The Morgan fingerprint density at radius 1 is 1.33 bits per heavy atom. The second-order valence-corrected chi connectivity index (χ2v) is 4.41. The number of halogens is 1. The summed E-state index contributed by atoms with van der Waals surface area (Å²) in [4.78, 5) is 0. The number of rotatable bonds is 2. The van der Waals surface area contributed by atoms with Crippen LogP contribution in [0.15, 0.2) is 34.9 Å². The van der Waals surface area contributed by atoms with Crippen molar-refractivity contribution in [2.45, 2.75) is 13.5 Å². The fourth-order valence-corrected chi connectivity index (χ4v) is 1.66. The Bertz CT molecular complexity index is 440. The Balaban J connectivity index is 2.18. The van der Waals surface area contributed by atoms with Crippen molar-refractivity contribution in [2.75, 3.05) is 5.73 Å². The van der Waals surface area contributed by atoms with Gasteiger partial charge in [-0.05, 0) is 24.6 Å². The van der Waals surface area contributed by atoms with Crippen molar-refractivity contribution in [1.29, 1.82) is 0 Å². The molecule has 0 atom stereocenters. The Kier molecular flexibility index (Phi) is 2.77. The quantitative estimate of drug-likeness (QED) is 0.907. The second kappa shape index (κ2) is 4.06. The number of anilines is 1. The zero-order valence-electron chi connectivity index (χ0n) is 8.44. The number of hydrogen-bond acceptors (Lipinski definition) is 2. The lowest BCUT2D eigenvalue weighted by Gasteiger charge is -2.01. The average Bonchev–Trinajstić information content (AvgIpc) is 2.50. The summed E-state index contributed by atoms with van der Waals surface area (Å²) in [6, 6.07) is 8.18. The maximum atomic E-state index is 5.73. The predicted octanol–water partition coefficient (Wildman–Crippen LogP) is 2.58. The van der Waals surface area contributed by atoms with Crippen LogP contribution >= 0.6 is 15.9 Å². The first-order valence-electron chi connectivity index (χ1n) is 4.69. The molecule has 0 spiro atoms. The highest BCUT2D eigenvalue weighted by molar-refractivity contribution is 9.10. The van der Waals surface area contributed by atoms with Crippen LogP contribution in [0.1, 0.15) is 11.3 Å². The number of benzene rings is 1. The van der Waals surface area contributed by atoms with Gasteiger partial charge in [-0.1, -0.05) is 28.1 Å². The SMILES string of the molecule is Cc1nn(Cc2ccc(Br)cc2)cc1N. The van der Waals surface area contributed by atoms with E-state index in [0.717, 1.165) is 22.4 Å². The molecule has 2 rings (SSSR count). The minimum Gasteiger partial charge on any atom is -0.396 e. The van der Waals surface area contributed by atoms with E-state index in [9.17, 15) is 0 Å². The van der Waals surface area contributed by atoms with Gasteiger partial charge in [-0.2, -0.15) is 5.10 Å². The van der Waals surface area contributed by atoms with Crippen LogP contribution < -0.4 is 5.73 Å². The molecule has 0 aliphatic carbocycles. The van der Waals surface area contributed by atoms with Crippen molar-refractivity contribution >= 4 is 21.6 Å². The molecule has 4 heteroatoms. The number of aromatic nitrogens is 2. The topological polar surface area (TPSA) is 43.8 Å². The van der Waals surface area contributed by atoms with Gasteiger partial charge in [0.15, 0.2) is 0 Å². The van der Waals surface area contributed by atoms with Crippen LogP contribution in [0, 0.1) is 6.92 Å². The number of hydrogen-bond donors (Lipinski definition) is 1. The molecule has 0 fully saturated rings. The van der Waals surface area contributed by atoms with Crippen molar-refractivity contribution in [3.63, 3.8) is 0 Å². The number of nitrogens with two attached hydrogens (primary N) is 1. The van der Waals surface area contributed by atoms with E-state index in [-0.39, 0.29) is 0 Å². The summed E-state index contributed by atoms with van der Waals surface area (Å²) >= 11 is 3.40. The highest BCUT2D eigenvalue weighted by atomic mass is 79.9. The molecule has 0 bridgehead atoms. The fourth-order valence-electron chi connectivity index (χ4n) is 1.39. The Labute approximate surface area is 97.0 Å². The zero-order valence-corrected chi connectivity index (χ0v) is 10.0. The van der Waals surface area contributed by atoms with Crippen LogP contribution in [0.4, 0.5) is 5.69 Å². The van der Waals surface area contributed by atoms with E-state index in [1.807, 2.05) is 29.9 Å². The monoisotopic (exact) mass is 265 g/mol. The molecule has 78 valence electrons. The first-order valence-corrected chi connectivity index (χ1v) is 5.48. The molecule has 0 radical (unpaired) electrons. The van der Waals surface area contributed by atoms with Crippen molar-refractivity contribution in [1.82, 2.24) is 9.78 Å². The lowest BCUT2D eigenvalue weighted by atomic mass is 10.2.